The molecule has 0 saturated heterocycles. The van der Waals surface area contributed by atoms with Gasteiger partial charge in [0.05, 0.1) is 17.0 Å². The first kappa shape index (κ1) is 14.6. The summed E-state index contributed by atoms with van der Waals surface area (Å²) in [5.74, 6) is -0.0853. The van der Waals surface area contributed by atoms with Gasteiger partial charge in [-0.2, -0.15) is 4.99 Å². The number of amides is 2. The number of methoxy groups -OCH3 is 1. The van der Waals surface area contributed by atoms with Crippen molar-refractivity contribution in [2.24, 2.45) is 4.99 Å². The minimum atomic E-state index is -0.384. The highest BCUT2D eigenvalue weighted by atomic mass is 35.5. The van der Waals surface area contributed by atoms with Crippen molar-refractivity contribution in [1.29, 1.82) is 0 Å². The lowest BCUT2D eigenvalue weighted by Gasteiger charge is -2.03. The number of amidine groups is 1. The van der Waals surface area contributed by atoms with Crippen LogP contribution in [0.25, 0.3) is 6.08 Å². The minimum Gasteiger partial charge on any atom is -0.495 e. The maximum Gasteiger partial charge on any atom is 0.286 e. The third kappa shape index (κ3) is 3.40. The standard InChI is InChI=1S/C13H11ClN2O3S/c1-7(17)15-13-16-12(18)11(20-13)6-8-3-4-10(19-2)9(14)5-8/h3-6H,1-2H3,(H,15,16,17,18)/b11-6-. The fourth-order valence-corrected chi connectivity index (χ4v) is 2.66. The second-order valence-electron chi connectivity index (χ2n) is 3.91. The molecule has 1 aliphatic rings. The van der Waals surface area contributed by atoms with Crippen molar-refractivity contribution in [1.82, 2.24) is 5.32 Å². The lowest BCUT2D eigenvalue weighted by Crippen LogP contribution is -2.23. The van der Waals surface area contributed by atoms with Crippen LogP contribution in [0.15, 0.2) is 28.1 Å². The predicted molar refractivity (Wildman–Crippen MR) is 79.8 cm³/mol. The van der Waals surface area contributed by atoms with E-state index in [4.69, 9.17) is 16.3 Å². The molecule has 1 aromatic carbocycles. The number of hydrogen-bond acceptors (Lipinski definition) is 4. The van der Waals surface area contributed by atoms with E-state index < -0.39 is 0 Å². The molecular formula is C13H11ClN2O3S. The van der Waals surface area contributed by atoms with Gasteiger partial charge in [-0.15, -0.1) is 0 Å². The van der Waals surface area contributed by atoms with Crippen LogP contribution in [0.2, 0.25) is 5.02 Å². The third-order valence-corrected chi connectivity index (χ3v) is 3.57. The number of nitrogens with zero attached hydrogens (tertiary/aromatic N) is 1. The number of hydrogen-bond donors (Lipinski definition) is 1. The number of ether oxygens (including phenoxy) is 1. The van der Waals surface area contributed by atoms with Crippen molar-refractivity contribution in [3.8, 4) is 5.75 Å². The fraction of sp³-hybridized carbons (Fsp3) is 0.154. The molecule has 0 bridgehead atoms. The van der Waals surface area contributed by atoms with Crippen molar-refractivity contribution in [2.45, 2.75) is 6.92 Å². The molecule has 1 heterocycles. The second-order valence-corrected chi connectivity index (χ2v) is 5.35. The van der Waals surface area contributed by atoms with E-state index in [-0.39, 0.29) is 17.0 Å². The van der Waals surface area contributed by atoms with Gasteiger partial charge in [0.1, 0.15) is 5.75 Å². The molecule has 0 aliphatic carbocycles. The molecule has 0 fully saturated rings. The number of carbonyl (C=O) groups is 2. The zero-order valence-electron chi connectivity index (χ0n) is 10.8. The quantitative estimate of drug-likeness (QED) is 0.852. The molecule has 0 spiro atoms. The summed E-state index contributed by atoms with van der Waals surface area (Å²) in [6, 6.07) is 5.19. The average Bonchev–Trinajstić information content (AvgIpc) is 2.69. The summed E-state index contributed by atoms with van der Waals surface area (Å²) in [5, 5.41) is 3.23. The number of aliphatic imine (C=N–C) groups is 1. The van der Waals surface area contributed by atoms with Gasteiger partial charge in [-0.05, 0) is 35.5 Å². The Morgan fingerprint density at radius 3 is 2.85 bits per heavy atom. The van der Waals surface area contributed by atoms with Crippen LogP contribution in [-0.4, -0.2) is 24.1 Å². The van der Waals surface area contributed by atoms with E-state index in [9.17, 15) is 9.59 Å². The van der Waals surface area contributed by atoms with Gasteiger partial charge in [0.15, 0.2) is 5.17 Å². The molecule has 0 saturated carbocycles. The number of halogens is 1. The first-order valence-electron chi connectivity index (χ1n) is 5.63. The zero-order chi connectivity index (χ0) is 14.7. The Bertz CT molecular complexity index is 641. The van der Waals surface area contributed by atoms with Crippen LogP contribution in [0.3, 0.4) is 0 Å². The molecule has 1 aliphatic heterocycles. The lowest BCUT2D eigenvalue weighted by molar-refractivity contribution is -0.117. The Balaban J connectivity index is 2.19. The Morgan fingerprint density at radius 1 is 1.50 bits per heavy atom. The van der Waals surface area contributed by atoms with Crippen LogP contribution in [0.5, 0.6) is 5.75 Å². The summed E-state index contributed by atoms with van der Waals surface area (Å²) >= 11 is 7.13. The number of thioether (sulfide) groups is 1. The molecule has 0 atom stereocenters. The zero-order valence-corrected chi connectivity index (χ0v) is 12.3. The minimum absolute atomic E-state index is 0.266. The third-order valence-electron chi connectivity index (χ3n) is 2.38. The topological polar surface area (TPSA) is 67.8 Å². The van der Waals surface area contributed by atoms with Gasteiger partial charge < -0.3 is 10.1 Å². The van der Waals surface area contributed by atoms with Gasteiger partial charge in [0.2, 0.25) is 5.91 Å². The van der Waals surface area contributed by atoms with Gasteiger partial charge >= 0.3 is 0 Å². The molecule has 1 N–H and O–H groups in total. The molecule has 20 heavy (non-hydrogen) atoms. The smallest absolute Gasteiger partial charge is 0.286 e. The lowest BCUT2D eigenvalue weighted by atomic mass is 10.2. The van der Waals surface area contributed by atoms with Gasteiger partial charge in [-0.3, -0.25) is 9.59 Å². The first-order chi connectivity index (χ1) is 9.49. The number of rotatable bonds is 2. The summed E-state index contributed by atoms with van der Waals surface area (Å²) in [6.45, 7) is 1.36. The molecule has 2 rings (SSSR count). The largest absolute Gasteiger partial charge is 0.495 e. The van der Waals surface area contributed by atoms with Crippen molar-refractivity contribution < 1.29 is 14.3 Å². The molecule has 2 amide bonds. The highest BCUT2D eigenvalue weighted by molar-refractivity contribution is 8.18. The molecule has 0 aromatic heterocycles. The van der Waals surface area contributed by atoms with Gasteiger partial charge in [-0.1, -0.05) is 17.7 Å². The summed E-state index contributed by atoms with van der Waals surface area (Å²) < 4.78 is 5.06. The Morgan fingerprint density at radius 2 is 2.25 bits per heavy atom. The number of carbonyl (C=O) groups excluding carboxylic acids is 2. The van der Waals surface area contributed by atoms with Crippen molar-refractivity contribution in [3.63, 3.8) is 0 Å². The van der Waals surface area contributed by atoms with Gasteiger partial charge in [0.25, 0.3) is 5.91 Å². The first-order valence-corrected chi connectivity index (χ1v) is 6.82. The SMILES string of the molecule is COc1ccc(/C=C2\SC(NC(C)=O)=NC2=O)cc1Cl. The van der Waals surface area contributed by atoms with E-state index in [0.717, 1.165) is 17.3 Å². The van der Waals surface area contributed by atoms with E-state index in [1.54, 1.807) is 24.3 Å². The average molecular weight is 311 g/mol. The predicted octanol–water partition coefficient (Wildman–Crippen LogP) is 2.46. The number of benzene rings is 1. The Hall–Kier alpha value is -1.79. The summed E-state index contributed by atoms with van der Waals surface area (Å²) in [6.07, 6.45) is 1.66. The van der Waals surface area contributed by atoms with Crippen molar-refractivity contribution in [3.05, 3.63) is 33.7 Å². The van der Waals surface area contributed by atoms with Gasteiger partial charge in [0, 0.05) is 6.92 Å². The summed E-state index contributed by atoms with van der Waals surface area (Å²) in [5.41, 5.74) is 0.755. The molecule has 0 radical (unpaired) electrons. The monoisotopic (exact) mass is 310 g/mol. The molecule has 7 heteroatoms. The van der Waals surface area contributed by atoms with E-state index >= 15 is 0 Å². The summed E-state index contributed by atoms with van der Waals surface area (Å²) in [4.78, 5) is 26.8. The Labute approximate surface area is 125 Å². The van der Waals surface area contributed by atoms with E-state index in [1.165, 1.54) is 14.0 Å². The molecule has 104 valence electrons. The van der Waals surface area contributed by atoms with Crippen molar-refractivity contribution in [2.75, 3.05) is 7.11 Å². The van der Waals surface area contributed by atoms with Crippen LogP contribution < -0.4 is 10.1 Å². The van der Waals surface area contributed by atoms with Crippen LogP contribution >= 0.6 is 23.4 Å². The van der Waals surface area contributed by atoms with Crippen LogP contribution in [0, 0.1) is 0 Å². The number of nitrogens with one attached hydrogen (secondary N) is 1. The Kier molecular flexibility index (Phi) is 4.46. The van der Waals surface area contributed by atoms with Crippen LogP contribution in [0.4, 0.5) is 0 Å². The fourth-order valence-electron chi connectivity index (χ4n) is 1.54. The van der Waals surface area contributed by atoms with E-state index in [2.05, 4.69) is 10.3 Å². The summed E-state index contributed by atoms with van der Waals surface area (Å²) in [7, 11) is 1.53. The maximum atomic E-state index is 11.7. The molecular weight excluding hydrogens is 300 g/mol. The molecule has 1 aromatic rings. The molecule has 5 nitrogen and oxygen atoms in total. The molecule has 0 unspecified atom stereocenters. The van der Waals surface area contributed by atoms with E-state index in [0.29, 0.717) is 15.7 Å². The highest BCUT2D eigenvalue weighted by Crippen LogP contribution is 2.30. The van der Waals surface area contributed by atoms with E-state index in [1.807, 2.05) is 0 Å². The van der Waals surface area contributed by atoms with Crippen molar-refractivity contribution >= 4 is 46.4 Å². The van der Waals surface area contributed by atoms with Gasteiger partial charge in [-0.25, -0.2) is 0 Å². The second kappa shape index (κ2) is 6.11. The highest BCUT2D eigenvalue weighted by Gasteiger charge is 2.22. The van der Waals surface area contributed by atoms with Crippen LogP contribution in [0.1, 0.15) is 12.5 Å². The maximum absolute atomic E-state index is 11.7. The normalized spacial score (nSPS) is 16.2. The van der Waals surface area contributed by atoms with Crippen LogP contribution in [-0.2, 0) is 9.59 Å².